The third-order valence-electron chi connectivity index (χ3n) is 4.62. The second-order valence-corrected chi connectivity index (χ2v) is 6.75. The molecule has 7 heteroatoms. The number of pyridine rings is 1. The fourth-order valence-corrected chi connectivity index (χ4v) is 2.56. The summed E-state index contributed by atoms with van der Waals surface area (Å²) in [5.74, 6) is -3.40. The highest BCUT2D eigenvalue weighted by Crippen LogP contribution is 2.38. The van der Waals surface area contributed by atoms with Gasteiger partial charge in [-0.15, -0.1) is 0 Å². The smallest absolute Gasteiger partial charge is 0.399 e. The summed E-state index contributed by atoms with van der Waals surface area (Å²) in [5.41, 5.74) is -1.84. The minimum atomic E-state index is -1.28. The van der Waals surface area contributed by atoms with Crippen LogP contribution < -0.4 is 5.46 Å². The molecular formula is C17H17BF3NO2. The molecule has 3 nitrogen and oxygen atoms in total. The second-order valence-electron chi connectivity index (χ2n) is 6.75. The highest BCUT2D eigenvalue weighted by Gasteiger charge is 2.53. The lowest BCUT2D eigenvalue weighted by atomic mass is 9.74. The van der Waals surface area contributed by atoms with Gasteiger partial charge in [-0.05, 0) is 39.8 Å². The van der Waals surface area contributed by atoms with Crippen molar-refractivity contribution in [1.82, 2.24) is 4.98 Å². The number of halogens is 3. The van der Waals surface area contributed by atoms with E-state index in [9.17, 15) is 13.2 Å². The zero-order valence-electron chi connectivity index (χ0n) is 13.9. The minimum Gasteiger partial charge on any atom is -0.399 e. The van der Waals surface area contributed by atoms with E-state index in [4.69, 9.17) is 9.31 Å². The molecule has 1 saturated heterocycles. The zero-order valence-corrected chi connectivity index (χ0v) is 13.9. The van der Waals surface area contributed by atoms with Crippen molar-refractivity contribution in [2.75, 3.05) is 0 Å². The molecular weight excluding hydrogens is 318 g/mol. The Balaban J connectivity index is 2.21. The molecule has 0 amide bonds. The van der Waals surface area contributed by atoms with Crippen LogP contribution in [0.5, 0.6) is 0 Å². The summed E-state index contributed by atoms with van der Waals surface area (Å²) >= 11 is 0. The van der Waals surface area contributed by atoms with Gasteiger partial charge in [0.15, 0.2) is 11.6 Å². The molecule has 0 spiro atoms. The van der Waals surface area contributed by atoms with E-state index in [1.807, 2.05) is 0 Å². The predicted octanol–water partition coefficient (Wildman–Crippen LogP) is 3.47. The number of hydrogen-bond acceptors (Lipinski definition) is 3. The van der Waals surface area contributed by atoms with Crippen LogP contribution in [0.1, 0.15) is 27.7 Å². The number of nitrogens with zero attached hydrogens (tertiary/aromatic N) is 1. The molecule has 1 aliphatic heterocycles. The first-order chi connectivity index (χ1) is 11.1. The molecule has 0 N–H and O–H groups in total. The maximum atomic E-state index is 14.5. The topological polar surface area (TPSA) is 31.4 Å². The molecule has 0 atom stereocenters. The van der Waals surface area contributed by atoms with Gasteiger partial charge in [-0.25, -0.2) is 13.2 Å². The Morgan fingerprint density at radius 2 is 1.58 bits per heavy atom. The van der Waals surface area contributed by atoms with Crippen molar-refractivity contribution >= 4 is 12.6 Å². The van der Waals surface area contributed by atoms with E-state index in [2.05, 4.69) is 4.98 Å². The molecule has 24 heavy (non-hydrogen) atoms. The van der Waals surface area contributed by atoms with Gasteiger partial charge in [-0.2, -0.15) is 0 Å². The quantitative estimate of drug-likeness (QED) is 0.622. The molecule has 0 aliphatic carbocycles. The van der Waals surface area contributed by atoms with Crippen LogP contribution in [-0.4, -0.2) is 23.3 Å². The molecule has 0 bridgehead atoms. The SMILES string of the molecule is CC1(C)OB(c2c(F)cc(F)c(F)c2-c2ccccn2)OC1(C)C. The summed E-state index contributed by atoms with van der Waals surface area (Å²) in [6, 6.07) is 5.22. The van der Waals surface area contributed by atoms with Crippen molar-refractivity contribution in [3.8, 4) is 11.3 Å². The Morgan fingerprint density at radius 1 is 0.958 bits per heavy atom. The fourth-order valence-electron chi connectivity index (χ4n) is 2.56. The van der Waals surface area contributed by atoms with Crippen LogP contribution in [0.2, 0.25) is 0 Å². The third-order valence-corrected chi connectivity index (χ3v) is 4.62. The van der Waals surface area contributed by atoms with Gasteiger partial charge in [-0.3, -0.25) is 4.98 Å². The van der Waals surface area contributed by atoms with Crippen LogP contribution >= 0.6 is 0 Å². The van der Waals surface area contributed by atoms with Crippen LogP contribution in [0.25, 0.3) is 11.3 Å². The Labute approximate surface area is 139 Å². The van der Waals surface area contributed by atoms with Crippen LogP contribution in [0.3, 0.4) is 0 Å². The molecule has 2 aromatic rings. The van der Waals surface area contributed by atoms with Crippen LogP contribution in [0.4, 0.5) is 13.2 Å². The van der Waals surface area contributed by atoms with Crippen LogP contribution in [-0.2, 0) is 9.31 Å². The summed E-state index contributed by atoms with van der Waals surface area (Å²) in [6.45, 7) is 7.19. The first kappa shape index (κ1) is 17.0. The van der Waals surface area contributed by atoms with E-state index < -0.39 is 35.8 Å². The molecule has 0 radical (unpaired) electrons. The number of rotatable bonds is 2. The van der Waals surface area contributed by atoms with Crippen molar-refractivity contribution < 1.29 is 22.5 Å². The molecule has 1 fully saturated rings. The van der Waals surface area contributed by atoms with E-state index in [1.54, 1.807) is 39.8 Å². The number of aromatic nitrogens is 1. The lowest BCUT2D eigenvalue weighted by Gasteiger charge is -2.32. The Morgan fingerprint density at radius 3 is 2.12 bits per heavy atom. The molecule has 1 aromatic heterocycles. The summed E-state index contributed by atoms with van der Waals surface area (Å²) in [7, 11) is -1.16. The van der Waals surface area contributed by atoms with E-state index >= 15 is 0 Å². The normalized spacial score (nSPS) is 18.9. The molecule has 0 unspecified atom stereocenters. The zero-order chi connectivity index (χ0) is 17.7. The van der Waals surface area contributed by atoms with E-state index in [0.717, 1.165) is 0 Å². The maximum absolute atomic E-state index is 14.5. The average molecular weight is 335 g/mol. The fraction of sp³-hybridized carbons (Fsp3) is 0.353. The standard InChI is InChI=1S/C17H17BF3NO2/c1-16(2)17(3,4)24-18(23-16)14-10(19)9-11(20)15(21)13(14)12-7-5-6-8-22-12/h5-9H,1-4H3. The summed E-state index contributed by atoms with van der Waals surface area (Å²) < 4.78 is 54.4. The predicted molar refractivity (Wildman–Crippen MR) is 85.3 cm³/mol. The summed E-state index contributed by atoms with van der Waals surface area (Å²) in [5, 5.41) is 0. The van der Waals surface area contributed by atoms with E-state index in [-0.39, 0.29) is 16.7 Å². The van der Waals surface area contributed by atoms with Gasteiger partial charge in [-0.1, -0.05) is 6.07 Å². The van der Waals surface area contributed by atoms with Gasteiger partial charge in [0.2, 0.25) is 0 Å². The van der Waals surface area contributed by atoms with Crippen molar-refractivity contribution in [3.63, 3.8) is 0 Å². The largest absolute Gasteiger partial charge is 0.498 e. The van der Waals surface area contributed by atoms with Crippen molar-refractivity contribution in [2.24, 2.45) is 0 Å². The first-order valence-electron chi connectivity index (χ1n) is 7.58. The molecule has 1 aliphatic rings. The van der Waals surface area contributed by atoms with Gasteiger partial charge in [0.1, 0.15) is 5.82 Å². The molecule has 0 saturated carbocycles. The first-order valence-corrected chi connectivity index (χ1v) is 7.58. The average Bonchev–Trinajstić information content (AvgIpc) is 2.71. The van der Waals surface area contributed by atoms with Gasteiger partial charge in [0.25, 0.3) is 0 Å². The molecule has 2 heterocycles. The van der Waals surface area contributed by atoms with Gasteiger partial charge < -0.3 is 9.31 Å². The Kier molecular flexibility index (Phi) is 3.96. The van der Waals surface area contributed by atoms with E-state index in [0.29, 0.717) is 6.07 Å². The van der Waals surface area contributed by atoms with Gasteiger partial charge in [0, 0.05) is 23.3 Å². The highest BCUT2D eigenvalue weighted by atomic mass is 19.2. The lowest BCUT2D eigenvalue weighted by Crippen LogP contribution is -2.41. The van der Waals surface area contributed by atoms with Crippen LogP contribution in [0, 0.1) is 17.5 Å². The second kappa shape index (κ2) is 5.60. The van der Waals surface area contributed by atoms with Crippen molar-refractivity contribution in [2.45, 2.75) is 38.9 Å². The van der Waals surface area contributed by atoms with Gasteiger partial charge in [0.05, 0.1) is 16.9 Å². The van der Waals surface area contributed by atoms with Crippen molar-refractivity contribution in [3.05, 3.63) is 47.9 Å². The highest BCUT2D eigenvalue weighted by molar-refractivity contribution is 6.64. The van der Waals surface area contributed by atoms with E-state index in [1.165, 1.54) is 12.3 Å². The monoisotopic (exact) mass is 335 g/mol. The Bertz CT molecular complexity index is 765. The Hall–Kier alpha value is -1.86. The summed E-state index contributed by atoms with van der Waals surface area (Å²) in [4.78, 5) is 4.01. The van der Waals surface area contributed by atoms with Crippen molar-refractivity contribution in [1.29, 1.82) is 0 Å². The molecule has 126 valence electrons. The lowest BCUT2D eigenvalue weighted by molar-refractivity contribution is 0.00578. The van der Waals surface area contributed by atoms with Crippen LogP contribution in [0.15, 0.2) is 30.5 Å². The third kappa shape index (κ3) is 2.61. The minimum absolute atomic E-state index is 0.109. The van der Waals surface area contributed by atoms with Gasteiger partial charge >= 0.3 is 7.12 Å². The number of benzene rings is 1. The molecule has 3 rings (SSSR count). The maximum Gasteiger partial charge on any atom is 0.498 e. The summed E-state index contributed by atoms with van der Waals surface area (Å²) in [6.07, 6.45) is 1.42. The molecule has 1 aromatic carbocycles. The number of hydrogen-bond donors (Lipinski definition) is 0.